The van der Waals surface area contributed by atoms with Crippen molar-refractivity contribution < 1.29 is 13.2 Å². The van der Waals surface area contributed by atoms with Gasteiger partial charge in [-0.1, -0.05) is 53.6 Å². The first-order valence-corrected chi connectivity index (χ1v) is 10.9. The summed E-state index contributed by atoms with van der Waals surface area (Å²) in [7, 11) is -3.58. The number of benzene rings is 2. The van der Waals surface area contributed by atoms with E-state index in [1.54, 1.807) is 24.3 Å². The Morgan fingerprint density at radius 2 is 1.85 bits per heavy atom. The Bertz CT molecular complexity index is 929. The second-order valence-corrected chi connectivity index (χ2v) is 9.16. The number of hydrogen-bond acceptors (Lipinski definition) is 3. The first-order valence-electron chi connectivity index (χ1n) is 8.63. The second-order valence-electron chi connectivity index (χ2n) is 6.77. The van der Waals surface area contributed by atoms with Crippen LogP contribution in [0, 0.1) is 13.8 Å². The van der Waals surface area contributed by atoms with Crippen LogP contribution in [0.1, 0.15) is 35.2 Å². The normalized spacial score (nSPS) is 12.8. The maximum atomic E-state index is 12.5. The number of aryl methyl sites for hydroxylation is 2. The molecule has 5 nitrogen and oxygen atoms in total. The van der Waals surface area contributed by atoms with E-state index in [-0.39, 0.29) is 25.0 Å². The van der Waals surface area contributed by atoms with Gasteiger partial charge in [-0.25, -0.2) is 8.42 Å². The van der Waals surface area contributed by atoms with E-state index in [1.807, 2.05) is 32.9 Å². The highest BCUT2D eigenvalue weighted by molar-refractivity contribution is 7.88. The highest BCUT2D eigenvalue weighted by atomic mass is 35.5. The third kappa shape index (κ3) is 6.06. The monoisotopic (exact) mass is 408 g/mol. The van der Waals surface area contributed by atoms with Crippen LogP contribution >= 0.6 is 11.6 Å². The van der Waals surface area contributed by atoms with Gasteiger partial charge in [0.25, 0.3) is 0 Å². The summed E-state index contributed by atoms with van der Waals surface area (Å²) in [6.07, 6.45) is 1.09. The fraction of sp³-hybridized carbons (Fsp3) is 0.350. The molecule has 2 rings (SSSR count). The van der Waals surface area contributed by atoms with Crippen molar-refractivity contribution in [3.63, 3.8) is 0 Å². The molecule has 0 radical (unpaired) electrons. The molecule has 0 aromatic heterocycles. The minimum Gasteiger partial charge on any atom is -0.348 e. The van der Waals surface area contributed by atoms with Crippen LogP contribution < -0.4 is 5.32 Å². The summed E-state index contributed by atoms with van der Waals surface area (Å²) in [6.45, 7) is 5.67. The van der Waals surface area contributed by atoms with Gasteiger partial charge in [-0.3, -0.25) is 4.79 Å². The van der Waals surface area contributed by atoms with Crippen molar-refractivity contribution in [1.29, 1.82) is 0 Å². The highest BCUT2D eigenvalue weighted by Crippen LogP contribution is 2.20. The predicted molar refractivity (Wildman–Crippen MR) is 109 cm³/mol. The summed E-state index contributed by atoms with van der Waals surface area (Å²) in [5, 5.41) is 3.35. The third-order valence-corrected chi connectivity index (χ3v) is 5.93. The minimum absolute atomic E-state index is 0.0455. The number of nitrogens with one attached hydrogen (secondary N) is 1. The van der Waals surface area contributed by atoms with Crippen molar-refractivity contribution in [2.24, 2.45) is 0 Å². The van der Waals surface area contributed by atoms with Crippen molar-refractivity contribution in [2.45, 2.75) is 33.4 Å². The maximum absolute atomic E-state index is 12.5. The third-order valence-electron chi connectivity index (χ3n) is 4.36. The standard InChI is InChI=1S/C20H25ClN2O3S/c1-14-9-10-18(15(2)11-14)16(3)22-20(24)13-23(27(4,25)26)12-17-7-5-6-8-19(17)21/h5-11,16H,12-13H2,1-4H3,(H,22,24)/t16-/m1/s1. The lowest BCUT2D eigenvalue weighted by Gasteiger charge is -2.22. The molecule has 1 N–H and O–H groups in total. The summed E-state index contributed by atoms with van der Waals surface area (Å²) in [4.78, 5) is 12.5. The maximum Gasteiger partial charge on any atom is 0.235 e. The van der Waals surface area contributed by atoms with Gasteiger partial charge < -0.3 is 5.32 Å². The molecule has 0 fully saturated rings. The Balaban J connectivity index is 2.11. The van der Waals surface area contributed by atoms with Crippen LogP contribution in [-0.2, 0) is 21.4 Å². The number of carbonyl (C=O) groups excluding carboxylic acids is 1. The Morgan fingerprint density at radius 1 is 1.19 bits per heavy atom. The van der Waals surface area contributed by atoms with Crippen LogP contribution in [-0.4, -0.2) is 31.4 Å². The summed E-state index contributed by atoms with van der Waals surface area (Å²) in [5.74, 6) is -0.361. The van der Waals surface area contributed by atoms with Gasteiger partial charge in [0.15, 0.2) is 0 Å². The Morgan fingerprint density at radius 3 is 2.44 bits per heavy atom. The quantitative estimate of drug-likeness (QED) is 0.761. The van der Waals surface area contributed by atoms with Crippen molar-refractivity contribution in [3.05, 3.63) is 69.7 Å². The molecular weight excluding hydrogens is 384 g/mol. The number of amides is 1. The van der Waals surface area contributed by atoms with Gasteiger partial charge >= 0.3 is 0 Å². The van der Waals surface area contributed by atoms with Crippen LogP contribution in [0.5, 0.6) is 0 Å². The molecule has 27 heavy (non-hydrogen) atoms. The van der Waals surface area contributed by atoms with E-state index in [0.29, 0.717) is 10.6 Å². The van der Waals surface area contributed by atoms with Gasteiger partial charge in [-0.2, -0.15) is 4.31 Å². The van der Waals surface area contributed by atoms with E-state index in [2.05, 4.69) is 11.4 Å². The molecule has 0 bridgehead atoms. The van der Waals surface area contributed by atoms with E-state index in [4.69, 9.17) is 11.6 Å². The van der Waals surface area contributed by atoms with Gasteiger partial charge in [0.05, 0.1) is 18.8 Å². The van der Waals surface area contributed by atoms with Crippen LogP contribution in [0.3, 0.4) is 0 Å². The molecule has 0 heterocycles. The molecule has 146 valence electrons. The largest absolute Gasteiger partial charge is 0.348 e. The Hall–Kier alpha value is -1.89. The van der Waals surface area contributed by atoms with Gasteiger partial charge in [0.2, 0.25) is 15.9 Å². The van der Waals surface area contributed by atoms with Crippen molar-refractivity contribution in [1.82, 2.24) is 9.62 Å². The van der Waals surface area contributed by atoms with Gasteiger partial charge in [-0.15, -0.1) is 0 Å². The second kappa shape index (κ2) is 8.87. The van der Waals surface area contributed by atoms with Crippen molar-refractivity contribution in [2.75, 3.05) is 12.8 Å². The Kier molecular flexibility index (Phi) is 7.03. The molecule has 1 amide bonds. The molecular formula is C20H25ClN2O3S. The molecule has 0 saturated carbocycles. The van der Waals surface area contributed by atoms with Crippen LogP contribution in [0.2, 0.25) is 5.02 Å². The molecule has 0 spiro atoms. The number of halogens is 1. The van der Waals surface area contributed by atoms with E-state index in [1.165, 1.54) is 0 Å². The van der Waals surface area contributed by atoms with Crippen LogP contribution in [0.25, 0.3) is 0 Å². The zero-order chi connectivity index (χ0) is 20.2. The number of nitrogens with zero attached hydrogens (tertiary/aromatic N) is 1. The van der Waals surface area contributed by atoms with Crippen LogP contribution in [0.15, 0.2) is 42.5 Å². The van der Waals surface area contributed by atoms with Crippen LogP contribution in [0.4, 0.5) is 0 Å². The number of hydrogen-bond donors (Lipinski definition) is 1. The first-order chi connectivity index (χ1) is 12.6. The molecule has 1 atom stereocenters. The minimum atomic E-state index is -3.58. The lowest BCUT2D eigenvalue weighted by molar-refractivity contribution is -0.122. The summed E-state index contributed by atoms with van der Waals surface area (Å²) < 4.78 is 25.4. The van der Waals surface area contributed by atoms with Gasteiger partial charge in [-0.05, 0) is 43.5 Å². The predicted octanol–water partition coefficient (Wildman–Crippen LogP) is 3.60. The summed E-state index contributed by atoms with van der Waals surface area (Å²) in [5.41, 5.74) is 3.89. The zero-order valence-corrected chi connectivity index (χ0v) is 17.6. The fourth-order valence-electron chi connectivity index (χ4n) is 2.94. The van der Waals surface area contributed by atoms with Gasteiger partial charge in [0.1, 0.15) is 0 Å². The Labute approximate surface area is 166 Å². The average Bonchev–Trinajstić information content (AvgIpc) is 2.55. The van der Waals surface area contributed by atoms with E-state index in [0.717, 1.165) is 27.3 Å². The smallest absolute Gasteiger partial charge is 0.235 e. The zero-order valence-electron chi connectivity index (χ0n) is 16.0. The summed E-state index contributed by atoms with van der Waals surface area (Å²) >= 11 is 6.13. The first kappa shape index (κ1) is 21.4. The fourth-order valence-corrected chi connectivity index (χ4v) is 3.86. The van der Waals surface area contributed by atoms with E-state index < -0.39 is 10.0 Å². The molecule has 7 heteroatoms. The molecule has 0 saturated heterocycles. The topological polar surface area (TPSA) is 66.5 Å². The average molecular weight is 409 g/mol. The van der Waals surface area contributed by atoms with Gasteiger partial charge in [0, 0.05) is 11.6 Å². The number of carbonyl (C=O) groups is 1. The lowest BCUT2D eigenvalue weighted by Crippen LogP contribution is -2.40. The van der Waals surface area contributed by atoms with Crippen molar-refractivity contribution in [3.8, 4) is 0 Å². The molecule has 2 aromatic carbocycles. The summed E-state index contributed by atoms with van der Waals surface area (Å²) in [6, 6.07) is 12.8. The molecule has 0 aliphatic heterocycles. The number of rotatable bonds is 7. The molecule has 0 aliphatic rings. The SMILES string of the molecule is Cc1ccc([C@@H](C)NC(=O)CN(Cc2ccccc2Cl)S(C)(=O)=O)c(C)c1. The number of sulfonamides is 1. The lowest BCUT2D eigenvalue weighted by atomic mass is 10.0. The van der Waals surface area contributed by atoms with E-state index >= 15 is 0 Å². The van der Waals surface area contributed by atoms with E-state index in [9.17, 15) is 13.2 Å². The molecule has 0 aliphatic carbocycles. The molecule has 0 unspecified atom stereocenters. The van der Waals surface area contributed by atoms with Crippen molar-refractivity contribution >= 4 is 27.5 Å². The highest BCUT2D eigenvalue weighted by Gasteiger charge is 2.22. The molecule has 2 aromatic rings.